The number of esters is 1. The van der Waals surface area contributed by atoms with E-state index >= 15 is 0 Å². The second kappa shape index (κ2) is 8.83. The zero-order valence-electron chi connectivity index (χ0n) is 13.1. The Bertz CT molecular complexity index is 694. The van der Waals surface area contributed by atoms with E-state index in [0.717, 1.165) is 5.56 Å². The summed E-state index contributed by atoms with van der Waals surface area (Å²) in [5.74, 6) is -1.10. The first kappa shape index (κ1) is 17.7. The Morgan fingerprint density at radius 1 is 1.12 bits per heavy atom. The molecule has 0 aliphatic heterocycles. The number of amides is 2. The van der Waals surface area contributed by atoms with Crippen molar-refractivity contribution >= 4 is 29.1 Å². The summed E-state index contributed by atoms with van der Waals surface area (Å²) in [6.45, 7) is -0.482. The Kier molecular flexibility index (Phi) is 6.51. The topological polar surface area (TPSA) is 81.7 Å². The molecule has 0 aliphatic carbocycles. The number of nitrogens with one attached hydrogen (secondary N) is 1. The molecule has 1 aromatic heterocycles. The molecule has 126 valence electrons. The number of hydrogen-bond donors (Lipinski definition) is 1. The van der Waals surface area contributed by atoms with Crippen molar-refractivity contribution < 1.29 is 23.9 Å². The van der Waals surface area contributed by atoms with Crippen LogP contribution in [0.5, 0.6) is 5.75 Å². The number of hydrogen-bond acceptors (Lipinski definition) is 6. The SMILES string of the molecule is COc1ccc(C(=O)NC(=O)COC(=O)CCc2ccsc2)cc1. The van der Waals surface area contributed by atoms with Gasteiger partial charge in [-0.3, -0.25) is 19.7 Å². The largest absolute Gasteiger partial charge is 0.497 e. The van der Waals surface area contributed by atoms with Gasteiger partial charge in [0.25, 0.3) is 11.8 Å². The first-order valence-corrected chi connectivity index (χ1v) is 8.17. The number of benzene rings is 1. The zero-order chi connectivity index (χ0) is 17.4. The Labute approximate surface area is 143 Å². The molecule has 24 heavy (non-hydrogen) atoms. The summed E-state index contributed by atoms with van der Waals surface area (Å²) in [5, 5.41) is 6.05. The van der Waals surface area contributed by atoms with Gasteiger partial charge in [-0.25, -0.2) is 0 Å². The predicted octanol–water partition coefficient (Wildman–Crippen LogP) is 2.19. The average Bonchev–Trinajstić information content (AvgIpc) is 3.11. The van der Waals surface area contributed by atoms with Gasteiger partial charge in [-0.2, -0.15) is 11.3 Å². The third-order valence-electron chi connectivity index (χ3n) is 3.17. The second-order valence-electron chi connectivity index (χ2n) is 4.90. The maximum atomic E-state index is 11.9. The van der Waals surface area contributed by atoms with Gasteiger partial charge in [-0.1, -0.05) is 0 Å². The highest BCUT2D eigenvalue weighted by Gasteiger charge is 2.13. The molecule has 2 aromatic rings. The van der Waals surface area contributed by atoms with Crippen LogP contribution in [0.3, 0.4) is 0 Å². The average molecular weight is 347 g/mol. The van der Waals surface area contributed by atoms with Crippen molar-refractivity contribution in [1.29, 1.82) is 0 Å². The molecule has 2 amide bonds. The standard InChI is InChI=1S/C17H17NO5S/c1-22-14-5-3-13(4-6-14)17(21)18-15(19)10-23-16(20)7-2-12-8-9-24-11-12/h3-6,8-9,11H,2,7,10H2,1H3,(H,18,19,21). The molecule has 6 nitrogen and oxygen atoms in total. The van der Waals surface area contributed by atoms with Gasteiger partial charge in [-0.15, -0.1) is 0 Å². The van der Waals surface area contributed by atoms with Crippen molar-refractivity contribution in [2.45, 2.75) is 12.8 Å². The van der Waals surface area contributed by atoms with Gasteiger partial charge >= 0.3 is 5.97 Å². The minimum absolute atomic E-state index is 0.191. The van der Waals surface area contributed by atoms with Crippen LogP contribution in [0.4, 0.5) is 0 Å². The van der Waals surface area contributed by atoms with Gasteiger partial charge in [-0.05, 0) is 53.1 Å². The monoisotopic (exact) mass is 347 g/mol. The molecular weight excluding hydrogens is 330 g/mol. The van der Waals surface area contributed by atoms with Gasteiger partial charge in [0.15, 0.2) is 6.61 Å². The molecule has 2 rings (SSSR count). The van der Waals surface area contributed by atoms with E-state index < -0.39 is 24.4 Å². The molecule has 0 bridgehead atoms. The van der Waals surface area contributed by atoms with E-state index in [1.165, 1.54) is 19.2 Å². The first-order valence-electron chi connectivity index (χ1n) is 7.23. The minimum atomic E-state index is -0.667. The quantitative estimate of drug-likeness (QED) is 0.777. The lowest BCUT2D eigenvalue weighted by molar-refractivity contribution is -0.148. The van der Waals surface area contributed by atoms with Crippen molar-refractivity contribution in [2.24, 2.45) is 0 Å². The fraction of sp³-hybridized carbons (Fsp3) is 0.235. The Morgan fingerprint density at radius 3 is 2.50 bits per heavy atom. The number of ether oxygens (including phenoxy) is 2. The molecule has 0 saturated carbocycles. The van der Waals surface area contributed by atoms with Crippen molar-refractivity contribution in [3.05, 3.63) is 52.2 Å². The van der Waals surface area contributed by atoms with Gasteiger partial charge < -0.3 is 9.47 Å². The molecule has 1 N–H and O–H groups in total. The molecular formula is C17H17NO5S. The van der Waals surface area contributed by atoms with E-state index in [-0.39, 0.29) is 6.42 Å². The van der Waals surface area contributed by atoms with Crippen LogP contribution >= 0.6 is 11.3 Å². The molecule has 7 heteroatoms. The number of methoxy groups -OCH3 is 1. The maximum absolute atomic E-state index is 11.9. The molecule has 0 saturated heterocycles. The number of rotatable bonds is 7. The van der Waals surface area contributed by atoms with Gasteiger partial charge in [0, 0.05) is 12.0 Å². The van der Waals surface area contributed by atoms with Crippen LogP contribution in [0, 0.1) is 0 Å². The number of aryl methyl sites for hydroxylation is 1. The molecule has 0 radical (unpaired) electrons. The third kappa shape index (κ3) is 5.51. The highest BCUT2D eigenvalue weighted by atomic mass is 32.1. The molecule has 0 aliphatic rings. The van der Waals surface area contributed by atoms with Gasteiger partial charge in [0.1, 0.15) is 5.75 Å². The highest BCUT2D eigenvalue weighted by Crippen LogP contribution is 2.11. The first-order chi connectivity index (χ1) is 11.6. The van der Waals surface area contributed by atoms with E-state index in [2.05, 4.69) is 5.32 Å². The number of thiophene rings is 1. The van der Waals surface area contributed by atoms with Crippen LogP contribution in [0.2, 0.25) is 0 Å². The summed E-state index contributed by atoms with van der Waals surface area (Å²) in [6.07, 6.45) is 0.755. The van der Waals surface area contributed by atoms with Crippen molar-refractivity contribution in [3.63, 3.8) is 0 Å². The molecule has 0 unspecified atom stereocenters. The minimum Gasteiger partial charge on any atom is -0.497 e. The Hall–Kier alpha value is -2.67. The number of carbonyl (C=O) groups excluding carboxylic acids is 3. The van der Waals surface area contributed by atoms with E-state index in [1.54, 1.807) is 23.5 Å². The number of imide groups is 1. The Morgan fingerprint density at radius 2 is 1.88 bits per heavy atom. The highest BCUT2D eigenvalue weighted by molar-refractivity contribution is 7.07. The van der Waals surface area contributed by atoms with Crippen LogP contribution in [0.15, 0.2) is 41.1 Å². The van der Waals surface area contributed by atoms with Crippen LogP contribution in [-0.2, 0) is 20.7 Å². The van der Waals surface area contributed by atoms with E-state index in [9.17, 15) is 14.4 Å². The van der Waals surface area contributed by atoms with E-state index in [4.69, 9.17) is 9.47 Å². The molecule has 0 fully saturated rings. The van der Waals surface area contributed by atoms with Crippen molar-refractivity contribution in [1.82, 2.24) is 5.32 Å². The zero-order valence-corrected chi connectivity index (χ0v) is 13.9. The predicted molar refractivity (Wildman–Crippen MR) is 89.1 cm³/mol. The van der Waals surface area contributed by atoms with Crippen LogP contribution in [0.1, 0.15) is 22.3 Å². The van der Waals surface area contributed by atoms with Crippen molar-refractivity contribution in [3.8, 4) is 5.75 Å². The van der Waals surface area contributed by atoms with Crippen molar-refractivity contribution in [2.75, 3.05) is 13.7 Å². The van der Waals surface area contributed by atoms with Crippen LogP contribution < -0.4 is 10.1 Å². The lowest BCUT2D eigenvalue weighted by Gasteiger charge is -2.06. The molecule has 0 spiro atoms. The van der Waals surface area contributed by atoms with Crippen LogP contribution in [-0.4, -0.2) is 31.5 Å². The lowest BCUT2D eigenvalue weighted by Crippen LogP contribution is -2.34. The van der Waals surface area contributed by atoms with Crippen LogP contribution in [0.25, 0.3) is 0 Å². The summed E-state index contributed by atoms with van der Waals surface area (Å²) in [7, 11) is 1.52. The van der Waals surface area contributed by atoms with E-state index in [1.807, 2.05) is 16.8 Å². The Balaban J connectivity index is 1.71. The smallest absolute Gasteiger partial charge is 0.306 e. The summed E-state index contributed by atoms with van der Waals surface area (Å²) >= 11 is 1.55. The molecule has 0 atom stereocenters. The van der Waals surface area contributed by atoms with Gasteiger partial charge in [0.2, 0.25) is 0 Å². The molecule has 1 heterocycles. The summed E-state index contributed by atoms with van der Waals surface area (Å²) in [5.41, 5.74) is 1.36. The normalized spacial score (nSPS) is 10.0. The fourth-order valence-electron chi connectivity index (χ4n) is 1.88. The molecule has 1 aromatic carbocycles. The maximum Gasteiger partial charge on any atom is 0.306 e. The third-order valence-corrected chi connectivity index (χ3v) is 3.90. The number of carbonyl (C=O) groups is 3. The summed E-state index contributed by atoms with van der Waals surface area (Å²) in [4.78, 5) is 35.1. The summed E-state index contributed by atoms with van der Waals surface area (Å²) in [6, 6.07) is 8.23. The fourth-order valence-corrected chi connectivity index (χ4v) is 2.58. The second-order valence-corrected chi connectivity index (χ2v) is 5.68. The lowest BCUT2D eigenvalue weighted by atomic mass is 10.2. The van der Waals surface area contributed by atoms with E-state index in [0.29, 0.717) is 17.7 Å². The van der Waals surface area contributed by atoms with Gasteiger partial charge in [0.05, 0.1) is 7.11 Å². The summed E-state index contributed by atoms with van der Waals surface area (Å²) < 4.78 is 9.84.